The first-order chi connectivity index (χ1) is 9.10. The molecule has 1 aromatic heterocycles. The molecule has 0 unspecified atom stereocenters. The third-order valence-electron chi connectivity index (χ3n) is 2.56. The molecule has 6 heteroatoms. The van der Waals surface area contributed by atoms with Crippen molar-refractivity contribution in [1.82, 2.24) is 4.98 Å². The minimum absolute atomic E-state index is 0.242. The molecule has 0 atom stereocenters. The first kappa shape index (κ1) is 12.7. The molecule has 1 aromatic carbocycles. The Morgan fingerprint density at radius 3 is 2.58 bits per heavy atom. The van der Waals surface area contributed by atoms with E-state index < -0.39 is 5.91 Å². The van der Waals surface area contributed by atoms with E-state index in [0.717, 1.165) is 11.4 Å². The normalized spacial score (nSPS) is 9.95. The van der Waals surface area contributed by atoms with Gasteiger partial charge in [-0.2, -0.15) is 0 Å². The van der Waals surface area contributed by atoms with Crippen LogP contribution in [0.2, 0.25) is 0 Å². The molecule has 0 saturated carbocycles. The van der Waals surface area contributed by atoms with Crippen LogP contribution in [0, 0.1) is 0 Å². The third-order valence-corrected chi connectivity index (χ3v) is 2.56. The van der Waals surface area contributed by atoms with E-state index in [1.165, 1.54) is 12.3 Å². The van der Waals surface area contributed by atoms with Gasteiger partial charge >= 0.3 is 0 Å². The van der Waals surface area contributed by atoms with Crippen molar-refractivity contribution in [2.45, 2.75) is 0 Å². The summed E-state index contributed by atoms with van der Waals surface area (Å²) in [7, 11) is 1.60. The SMILES string of the molecule is COc1ccc(Nc2cc(C(N)=O)c(N)cn2)cc1. The summed E-state index contributed by atoms with van der Waals surface area (Å²) in [4.78, 5) is 15.3. The Balaban J connectivity index is 2.22. The van der Waals surface area contributed by atoms with Crippen LogP contribution in [0.1, 0.15) is 10.4 Å². The first-order valence-electron chi connectivity index (χ1n) is 5.56. The zero-order valence-corrected chi connectivity index (χ0v) is 10.4. The molecule has 0 bridgehead atoms. The van der Waals surface area contributed by atoms with Crippen LogP contribution < -0.4 is 21.5 Å². The predicted octanol–water partition coefficient (Wildman–Crippen LogP) is 1.51. The van der Waals surface area contributed by atoms with E-state index in [1.54, 1.807) is 7.11 Å². The van der Waals surface area contributed by atoms with Crippen molar-refractivity contribution in [3.63, 3.8) is 0 Å². The molecule has 0 aliphatic carbocycles. The number of nitrogen functional groups attached to an aromatic ring is 1. The lowest BCUT2D eigenvalue weighted by Crippen LogP contribution is -2.14. The molecular weight excluding hydrogens is 244 g/mol. The van der Waals surface area contributed by atoms with Crippen LogP contribution in [0.25, 0.3) is 0 Å². The second kappa shape index (κ2) is 5.26. The fourth-order valence-corrected chi connectivity index (χ4v) is 1.57. The molecule has 0 spiro atoms. The van der Waals surface area contributed by atoms with Gasteiger partial charge in [0.25, 0.3) is 5.91 Å². The Morgan fingerprint density at radius 2 is 2.00 bits per heavy atom. The van der Waals surface area contributed by atoms with Gasteiger partial charge in [0.1, 0.15) is 11.6 Å². The van der Waals surface area contributed by atoms with Crippen LogP contribution in [-0.4, -0.2) is 18.0 Å². The van der Waals surface area contributed by atoms with Crippen LogP contribution in [0.3, 0.4) is 0 Å². The number of hydrogen-bond donors (Lipinski definition) is 3. The maximum Gasteiger partial charge on any atom is 0.250 e. The predicted molar refractivity (Wildman–Crippen MR) is 73.4 cm³/mol. The molecule has 0 aliphatic rings. The van der Waals surface area contributed by atoms with Crippen molar-refractivity contribution >= 4 is 23.1 Å². The maximum absolute atomic E-state index is 11.2. The summed E-state index contributed by atoms with van der Waals surface area (Å²) < 4.78 is 5.06. The van der Waals surface area contributed by atoms with E-state index in [-0.39, 0.29) is 11.3 Å². The number of primary amides is 1. The number of rotatable bonds is 4. The first-order valence-corrected chi connectivity index (χ1v) is 5.56. The largest absolute Gasteiger partial charge is 0.497 e. The minimum Gasteiger partial charge on any atom is -0.497 e. The number of nitrogens with one attached hydrogen (secondary N) is 1. The van der Waals surface area contributed by atoms with Gasteiger partial charge in [-0.05, 0) is 30.3 Å². The van der Waals surface area contributed by atoms with E-state index in [2.05, 4.69) is 10.3 Å². The van der Waals surface area contributed by atoms with Gasteiger partial charge in [-0.25, -0.2) is 4.98 Å². The Bertz CT molecular complexity index is 596. The van der Waals surface area contributed by atoms with Gasteiger partial charge in [-0.1, -0.05) is 0 Å². The van der Waals surface area contributed by atoms with Crippen molar-refractivity contribution in [2.75, 3.05) is 18.2 Å². The van der Waals surface area contributed by atoms with Gasteiger partial charge in [0, 0.05) is 5.69 Å². The molecule has 0 aliphatic heterocycles. The van der Waals surface area contributed by atoms with Crippen LogP contribution in [0.5, 0.6) is 5.75 Å². The molecule has 5 N–H and O–H groups in total. The zero-order chi connectivity index (χ0) is 13.8. The van der Waals surface area contributed by atoms with E-state index >= 15 is 0 Å². The number of methoxy groups -OCH3 is 1. The summed E-state index contributed by atoms with van der Waals surface area (Å²) in [5, 5.41) is 3.05. The quantitative estimate of drug-likeness (QED) is 0.771. The van der Waals surface area contributed by atoms with Gasteiger partial charge in [0.15, 0.2) is 0 Å². The maximum atomic E-state index is 11.2. The number of anilines is 3. The summed E-state index contributed by atoms with van der Waals surface area (Å²) in [5.41, 5.74) is 12.2. The van der Waals surface area contributed by atoms with Crippen LogP contribution in [0.4, 0.5) is 17.2 Å². The Hall–Kier alpha value is -2.76. The summed E-state index contributed by atoms with van der Waals surface area (Å²) >= 11 is 0. The number of carbonyl (C=O) groups excluding carboxylic acids is 1. The molecular formula is C13H14N4O2. The van der Waals surface area contributed by atoms with Crippen molar-refractivity contribution < 1.29 is 9.53 Å². The Labute approximate surface area is 110 Å². The van der Waals surface area contributed by atoms with E-state index in [4.69, 9.17) is 16.2 Å². The highest BCUT2D eigenvalue weighted by Crippen LogP contribution is 2.20. The highest BCUT2D eigenvalue weighted by atomic mass is 16.5. The van der Waals surface area contributed by atoms with Gasteiger partial charge in [-0.3, -0.25) is 4.79 Å². The van der Waals surface area contributed by atoms with Crippen molar-refractivity contribution in [2.24, 2.45) is 5.73 Å². The zero-order valence-electron chi connectivity index (χ0n) is 10.4. The van der Waals surface area contributed by atoms with Gasteiger partial charge in [-0.15, -0.1) is 0 Å². The fourth-order valence-electron chi connectivity index (χ4n) is 1.57. The van der Waals surface area contributed by atoms with Crippen LogP contribution in [0.15, 0.2) is 36.5 Å². The number of aromatic nitrogens is 1. The number of nitrogens with two attached hydrogens (primary N) is 2. The second-order valence-corrected chi connectivity index (χ2v) is 3.87. The Kier molecular flexibility index (Phi) is 3.51. The van der Waals surface area contributed by atoms with Gasteiger partial charge in [0.05, 0.1) is 24.6 Å². The highest BCUT2D eigenvalue weighted by Gasteiger charge is 2.08. The second-order valence-electron chi connectivity index (χ2n) is 3.87. The molecule has 0 fully saturated rings. The number of carbonyl (C=O) groups is 1. The number of nitrogens with zero attached hydrogens (tertiary/aromatic N) is 1. The minimum atomic E-state index is -0.585. The van der Waals surface area contributed by atoms with Crippen LogP contribution >= 0.6 is 0 Å². The number of pyridine rings is 1. The number of benzene rings is 1. The average molecular weight is 258 g/mol. The smallest absolute Gasteiger partial charge is 0.250 e. The van der Waals surface area contributed by atoms with Gasteiger partial charge < -0.3 is 21.5 Å². The number of amides is 1. The summed E-state index contributed by atoms with van der Waals surface area (Å²) in [5.74, 6) is 0.666. The lowest BCUT2D eigenvalue weighted by Gasteiger charge is -2.08. The standard InChI is InChI=1S/C13H14N4O2/c1-19-9-4-2-8(3-5-9)17-12-6-10(13(15)18)11(14)7-16-12/h2-7H,14H2,1H3,(H2,15,18)(H,16,17). The molecule has 0 saturated heterocycles. The summed E-state index contributed by atoms with van der Waals surface area (Å²) in [6.07, 6.45) is 1.39. The van der Waals surface area contributed by atoms with Crippen molar-refractivity contribution in [3.05, 3.63) is 42.1 Å². The molecule has 6 nitrogen and oxygen atoms in total. The number of hydrogen-bond acceptors (Lipinski definition) is 5. The fraction of sp³-hybridized carbons (Fsp3) is 0.0769. The molecule has 0 radical (unpaired) electrons. The molecule has 1 amide bonds. The van der Waals surface area contributed by atoms with Gasteiger partial charge in [0.2, 0.25) is 0 Å². The van der Waals surface area contributed by atoms with Crippen LogP contribution in [-0.2, 0) is 0 Å². The summed E-state index contributed by atoms with van der Waals surface area (Å²) in [6.45, 7) is 0. The van der Waals surface area contributed by atoms with E-state index in [1.807, 2.05) is 24.3 Å². The average Bonchev–Trinajstić information content (AvgIpc) is 2.41. The lowest BCUT2D eigenvalue weighted by atomic mass is 10.2. The topological polar surface area (TPSA) is 103 Å². The molecule has 2 rings (SSSR count). The monoisotopic (exact) mass is 258 g/mol. The summed E-state index contributed by atoms with van der Waals surface area (Å²) in [6, 6.07) is 8.81. The van der Waals surface area contributed by atoms with Crippen molar-refractivity contribution in [3.8, 4) is 5.75 Å². The Morgan fingerprint density at radius 1 is 1.32 bits per heavy atom. The number of ether oxygens (including phenoxy) is 1. The third kappa shape index (κ3) is 2.92. The van der Waals surface area contributed by atoms with Crippen molar-refractivity contribution in [1.29, 1.82) is 0 Å². The molecule has 98 valence electrons. The van der Waals surface area contributed by atoms with E-state index in [9.17, 15) is 4.79 Å². The molecule has 19 heavy (non-hydrogen) atoms. The van der Waals surface area contributed by atoms with E-state index in [0.29, 0.717) is 5.82 Å². The highest BCUT2D eigenvalue weighted by molar-refractivity contribution is 5.98. The molecule has 1 heterocycles. The molecule has 2 aromatic rings. The lowest BCUT2D eigenvalue weighted by molar-refractivity contribution is 0.100.